The summed E-state index contributed by atoms with van der Waals surface area (Å²) in [5.74, 6) is 0.120. The lowest BCUT2D eigenvalue weighted by Crippen LogP contribution is -2.30. The Hall–Kier alpha value is -4.25. The lowest BCUT2D eigenvalue weighted by Gasteiger charge is -2.12. The van der Waals surface area contributed by atoms with Gasteiger partial charge in [-0.1, -0.05) is 0 Å². The van der Waals surface area contributed by atoms with Gasteiger partial charge in [0.15, 0.2) is 17.0 Å². The number of hydrogen-bond acceptors (Lipinski definition) is 9. The van der Waals surface area contributed by atoms with E-state index in [1.54, 1.807) is 44.4 Å². The third-order valence-corrected chi connectivity index (χ3v) is 6.12. The SMILES string of the molecule is COC(=O)c1ccc(NC(=O)Cn2nc(-c3ccc(OC)c(OC)c3)c3sc(C)nc3c2=O)cc1. The smallest absolute Gasteiger partial charge is 0.337 e. The van der Waals surface area contributed by atoms with Crippen LogP contribution in [-0.2, 0) is 16.1 Å². The van der Waals surface area contributed by atoms with Crippen molar-refractivity contribution in [1.82, 2.24) is 14.8 Å². The fourth-order valence-electron chi connectivity index (χ4n) is 3.49. The van der Waals surface area contributed by atoms with Crippen molar-refractivity contribution in [3.8, 4) is 22.8 Å². The molecule has 0 aliphatic carbocycles. The van der Waals surface area contributed by atoms with E-state index in [9.17, 15) is 14.4 Å². The zero-order valence-electron chi connectivity index (χ0n) is 19.4. The van der Waals surface area contributed by atoms with Gasteiger partial charge >= 0.3 is 5.97 Å². The number of benzene rings is 2. The van der Waals surface area contributed by atoms with Gasteiger partial charge in [0.2, 0.25) is 5.91 Å². The Morgan fingerprint density at radius 1 is 1.03 bits per heavy atom. The van der Waals surface area contributed by atoms with Crippen LogP contribution < -0.4 is 20.3 Å². The van der Waals surface area contributed by atoms with Gasteiger partial charge < -0.3 is 19.5 Å². The molecule has 4 rings (SSSR count). The average molecular weight is 495 g/mol. The van der Waals surface area contributed by atoms with Crippen molar-refractivity contribution < 1.29 is 23.8 Å². The first-order chi connectivity index (χ1) is 16.8. The van der Waals surface area contributed by atoms with Crippen molar-refractivity contribution in [2.24, 2.45) is 0 Å². The predicted molar refractivity (Wildman–Crippen MR) is 131 cm³/mol. The number of esters is 1. The summed E-state index contributed by atoms with van der Waals surface area (Å²) in [4.78, 5) is 41.7. The molecule has 35 heavy (non-hydrogen) atoms. The van der Waals surface area contributed by atoms with E-state index < -0.39 is 17.4 Å². The number of anilines is 1. The highest BCUT2D eigenvalue weighted by Gasteiger charge is 2.19. The number of fused-ring (bicyclic) bond motifs is 1. The maximum Gasteiger partial charge on any atom is 0.337 e. The van der Waals surface area contributed by atoms with Gasteiger partial charge in [0.05, 0.1) is 36.6 Å². The number of aromatic nitrogens is 3. The van der Waals surface area contributed by atoms with Crippen LogP contribution in [0.2, 0.25) is 0 Å². The number of carbonyl (C=O) groups excluding carboxylic acids is 2. The van der Waals surface area contributed by atoms with E-state index in [2.05, 4.69) is 20.1 Å². The lowest BCUT2D eigenvalue weighted by atomic mass is 10.1. The molecule has 2 aromatic heterocycles. The van der Waals surface area contributed by atoms with Gasteiger partial charge in [0.25, 0.3) is 5.56 Å². The monoisotopic (exact) mass is 494 g/mol. The second kappa shape index (κ2) is 9.94. The number of hydrogen-bond donors (Lipinski definition) is 1. The number of ether oxygens (including phenoxy) is 3. The minimum Gasteiger partial charge on any atom is -0.493 e. The van der Waals surface area contributed by atoms with Crippen molar-refractivity contribution in [2.75, 3.05) is 26.6 Å². The van der Waals surface area contributed by atoms with Gasteiger partial charge in [-0.25, -0.2) is 14.5 Å². The molecule has 2 heterocycles. The molecular formula is C24H22N4O6S. The first-order valence-corrected chi connectivity index (χ1v) is 11.2. The third kappa shape index (κ3) is 4.85. The summed E-state index contributed by atoms with van der Waals surface area (Å²) in [6.07, 6.45) is 0. The molecule has 0 atom stereocenters. The molecule has 10 nitrogen and oxygen atoms in total. The molecule has 0 bridgehead atoms. The van der Waals surface area contributed by atoms with E-state index in [4.69, 9.17) is 9.47 Å². The number of nitrogens with one attached hydrogen (secondary N) is 1. The summed E-state index contributed by atoms with van der Waals surface area (Å²) in [6, 6.07) is 11.5. The number of thiazole rings is 1. The largest absolute Gasteiger partial charge is 0.493 e. The molecule has 2 aromatic carbocycles. The zero-order valence-corrected chi connectivity index (χ0v) is 20.3. The molecule has 0 aliphatic heterocycles. The van der Waals surface area contributed by atoms with Gasteiger partial charge in [0.1, 0.15) is 12.2 Å². The summed E-state index contributed by atoms with van der Waals surface area (Å²) >= 11 is 1.35. The van der Waals surface area contributed by atoms with Crippen LogP contribution in [0.25, 0.3) is 21.5 Å². The Morgan fingerprint density at radius 2 is 1.74 bits per heavy atom. The third-order valence-electron chi connectivity index (χ3n) is 5.15. The predicted octanol–water partition coefficient (Wildman–Crippen LogP) is 3.27. The van der Waals surface area contributed by atoms with Crippen LogP contribution in [0.5, 0.6) is 11.5 Å². The fourth-order valence-corrected chi connectivity index (χ4v) is 4.41. The quantitative estimate of drug-likeness (QED) is 0.389. The minimum absolute atomic E-state index is 0.238. The van der Waals surface area contributed by atoms with Crippen molar-refractivity contribution in [3.05, 3.63) is 63.4 Å². The molecule has 11 heteroatoms. The van der Waals surface area contributed by atoms with Crippen molar-refractivity contribution >= 4 is 39.1 Å². The van der Waals surface area contributed by atoms with Crippen LogP contribution in [0.15, 0.2) is 47.3 Å². The van der Waals surface area contributed by atoms with Crippen molar-refractivity contribution in [3.63, 3.8) is 0 Å². The van der Waals surface area contributed by atoms with Gasteiger partial charge in [-0.05, 0) is 49.4 Å². The molecule has 0 radical (unpaired) electrons. The lowest BCUT2D eigenvalue weighted by molar-refractivity contribution is -0.117. The normalized spacial score (nSPS) is 10.7. The van der Waals surface area contributed by atoms with Crippen LogP contribution >= 0.6 is 11.3 Å². The van der Waals surface area contributed by atoms with E-state index in [-0.39, 0.29) is 12.1 Å². The Kier molecular flexibility index (Phi) is 6.78. The van der Waals surface area contributed by atoms with E-state index in [1.807, 2.05) is 0 Å². The molecule has 0 aliphatic rings. The van der Waals surface area contributed by atoms with Crippen LogP contribution in [0, 0.1) is 6.92 Å². The van der Waals surface area contributed by atoms with Crippen LogP contribution in [0.4, 0.5) is 5.69 Å². The minimum atomic E-state index is -0.479. The van der Waals surface area contributed by atoms with Crippen LogP contribution in [0.1, 0.15) is 15.4 Å². The van der Waals surface area contributed by atoms with Gasteiger partial charge in [-0.15, -0.1) is 11.3 Å². The van der Waals surface area contributed by atoms with Crippen LogP contribution in [-0.4, -0.2) is 48.0 Å². The van der Waals surface area contributed by atoms with Gasteiger partial charge in [-0.3, -0.25) is 9.59 Å². The molecule has 0 fully saturated rings. The first kappa shape index (κ1) is 23.9. The molecule has 0 saturated carbocycles. The maximum atomic E-state index is 13.1. The highest BCUT2D eigenvalue weighted by molar-refractivity contribution is 7.19. The molecular weight excluding hydrogens is 472 g/mol. The van der Waals surface area contributed by atoms with E-state index >= 15 is 0 Å². The Labute approximate surface area is 204 Å². The molecule has 0 saturated heterocycles. The van der Waals surface area contributed by atoms with Crippen molar-refractivity contribution in [1.29, 1.82) is 0 Å². The Bertz CT molecular complexity index is 1480. The summed E-state index contributed by atoms with van der Waals surface area (Å²) < 4.78 is 17.1. The Morgan fingerprint density at radius 3 is 2.40 bits per heavy atom. The first-order valence-electron chi connectivity index (χ1n) is 10.4. The Balaban J connectivity index is 1.68. The van der Waals surface area contributed by atoms with Gasteiger partial charge in [-0.2, -0.15) is 5.10 Å². The number of amides is 1. The van der Waals surface area contributed by atoms with Crippen LogP contribution in [0.3, 0.4) is 0 Å². The molecule has 0 spiro atoms. The van der Waals surface area contributed by atoms with Crippen molar-refractivity contribution in [2.45, 2.75) is 13.5 Å². The summed E-state index contributed by atoms with van der Waals surface area (Å²) in [5.41, 5.74) is 1.77. The summed E-state index contributed by atoms with van der Waals surface area (Å²) in [5, 5.41) is 7.91. The summed E-state index contributed by atoms with van der Waals surface area (Å²) in [7, 11) is 4.37. The fraction of sp³-hybridized carbons (Fsp3) is 0.208. The molecule has 1 N–H and O–H groups in total. The standard InChI is InChI=1S/C24H22N4O6S/c1-13-25-21-22(35-13)20(15-7-10-17(32-2)18(11-15)33-3)27-28(23(21)30)12-19(29)26-16-8-5-14(6-9-16)24(31)34-4/h5-11H,12H2,1-4H3,(H,26,29). The zero-order chi connectivity index (χ0) is 25.1. The topological polar surface area (TPSA) is 122 Å². The van der Waals surface area contributed by atoms with Gasteiger partial charge in [0, 0.05) is 11.3 Å². The number of aryl methyl sites for hydroxylation is 1. The highest BCUT2D eigenvalue weighted by Crippen LogP contribution is 2.35. The van der Waals surface area contributed by atoms with E-state index in [1.165, 1.54) is 37.7 Å². The molecule has 4 aromatic rings. The second-order valence-corrected chi connectivity index (χ2v) is 8.61. The number of methoxy groups -OCH3 is 3. The number of nitrogens with zero attached hydrogens (tertiary/aromatic N) is 3. The molecule has 180 valence electrons. The molecule has 0 unspecified atom stereocenters. The van der Waals surface area contributed by atoms with E-state index in [0.717, 1.165) is 4.68 Å². The van der Waals surface area contributed by atoms with E-state index in [0.29, 0.717) is 43.7 Å². The maximum absolute atomic E-state index is 13.1. The second-order valence-electron chi connectivity index (χ2n) is 7.41. The molecule has 1 amide bonds. The number of rotatable bonds is 7. The average Bonchev–Trinajstić information content (AvgIpc) is 3.27. The number of carbonyl (C=O) groups is 2. The highest BCUT2D eigenvalue weighted by atomic mass is 32.1. The summed E-state index contributed by atoms with van der Waals surface area (Å²) in [6.45, 7) is 1.47.